The first kappa shape index (κ1) is 25.6. The van der Waals surface area contributed by atoms with Gasteiger partial charge in [-0.3, -0.25) is 19.3 Å². The highest BCUT2D eigenvalue weighted by Crippen LogP contribution is 2.29. The molecule has 0 bridgehead atoms. The van der Waals surface area contributed by atoms with Crippen LogP contribution in [0.1, 0.15) is 51.4 Å². The van der Waals surface area contributed by atoms with E-state index in [4.69, 9.17) is 0 Å². The Morgan fingerprint density at radius 2 is 1.69 bits per heavy atom. The fourth-order valence-electron chi connectivity index (χ4n) is 5.00. The van der Waals surface area contributed by atoms with E-state index < -0.39 is 11.7 Å². The van der Waals surface area contributed by atoms with Gasteiger partial charge < -0.3 is 14.8 Å². The third kappa shape index (κ3) is 4.78. The van der Waals surface area contributed by atoms with Crippen LogP contribution in [0.3, 0.4) is 0 Å². The molecule has 36 heavy (non-hydrogen) atoms. The monoisotopic (exact) mass is 492 g/mol. The largest absolute Gasteiger partial charge is 0.358 e. The standard InChI is InChI=1S/C28H33FN4O3/c1-16-11-24-23(25(19(4)30-24)26(34)28(36)31(5)6)12-22(16)27(35)33-14-17(2)32(13-18(33)3)15-20-7-9-21(29)10-8-20/h7-12,17-18,30H,13-15H2,1-6H3/t17-,18+/m0/s1. The number of nitrogens with one attached hydrogen (secondary N) is 1. The van der Waals surface area contributed by atoms with Crippen molar-refractivity contribution < 1.29 is 18.8 Å². The van der Waals surface area contributed by atoms with E-state index >= 15 is 0 Å². The molecule has 1 aliphatic heterocycles. The maximum Gasteiger partial charge on any atom is 0.294 e. The summed E-state index contributed by atoms with van der Waals surface area (Å²) in [6.07, 6.45) is 0. The fraction of sp³-hybridized carbons (Fsp3) is 0.393. The van der Waals surface area contributed by atoms with Gasteiger partial charge in [0.15, 0.2) is 0 Å². The van der Waals surface area contributed by atoms with Crippen LogP contribution in [0.25, 0.3) is 10.9 Å². The van der Waals surface area contributed by atoms with Gasteiger partial charge in [-0.05, 0) is 63.1 Å². The van der Waals surface area contributed by atoms with Crippen LogP contribution in [0.15, 0.2) is 36.4 Å². The SMILES string of the molecule is Cc1cc2[nH]c(C)c(C(=O)C(=O)N(C)C)c2cc1C(=O)N1C[C@H](C)N(Cc2ccc(F)cc2)C[C@H]1C. The minimum Gasteiger partial charge on any atom is -0.358 e. The van der Waals surface area contributed by atoms with Crippen LogP contribution in [0.5, 0.6) is 0 Å². The summed E-state index contributed by atoms with van der Waals surface area (Å²) in [5.41, 5.74) is 4.00. The van der Waals surface area contributed by atoms with Crippen LogP contribution in [0, 0.1) is 19.7 Å². The first-order chi connectivity index (χ1) is 17.0. The Morgan fingerprint density at radius 1 is 1.03 bits per heavy atom. The number of halogens is 1. The quantitative estimate of drug-likeness (QED) is 0.433. The number of nitrogens with zero attached hydrogens (tertiary/aromatic N) is 3. The molecule has 2 aromatic carbocycles. The molecule has 1 aromatic heterocycles. The number of piperazine rings is 1. The minimum atomic E-state index is -0.604. The van der Waals surface area contributed by atoms with Crippen LogP contribution >= 0.6 is 0 Å². The zero-order valence-corrected chi connectivity index (χ0v) is 21.7. The number of likely N-dealkylation sites (N-methyl/N-ethyl adjacent to an activating group) is 1. The Bertz CT molecular complexity index is 1330. The first-order valence-electron chi connectivity index (χ1n) is 12.2. The molecule has 7 nitrogen and oxygen atoms in total. The van der Waals surface area contributed by atoms with Gasteiger partial charge in [-0.2, -0.15) is 0 Å². The molecule has 2 atom stereocenters. The highest BCUT2D eigenvalue weighted by atomic mass is 19.1. The predicted octanol–water partition coefficient (Wildman–Crippen LogP) is 3.93. The molecule has 2 amide bonds. The van der Waals surface area contributed by atoms with Crippen molar-refractivity contribution in [1.82, 2.24) is 19.7 Å². The molecule has 1 aliphatic rings. The molecular formula is C28H33FN4O3. The Hall–Kier alpha value is -3.52. The number of aromatic amines is 1. The molecule has 2 heterocycles. The van der Waals surface area contributed by atoms with Gasteiger partial charge in [0.25, 0.3) is 17.6 Å². The number of H-pyrrole nitrogens is 1. The summed E-state index contributed by atoms with van der Waals surface area (Å²) in [6.45, 7) is 9.69. The highest BCUT2D eigenvalue weighted by molar-refractivity contribution is 6.45. The van der Waals surface area contributed by atoms with Gasteiger partial charge in [-0.25, -0.2) is 4.39 Å². The number of rotatable bonds is 5. The van der Waals surface area contributed by atoms with Crippen LogP contribution in [-0.2, 0) is 11.3 Å². The normalized spacial score (nSPS) is 18.5. The third-order valence-corrected chi connectivity index (χ3v) is 7.06. The maximum absolute atomic E-state index is 13.7. The van der Waals surface area contributed by atoms with Crippen molar-refractivity contribution >= 4 is 28.5 Å². The van der Waals surface area contributed by atoms with Crippen molar-refractivity contribution in [3.63, 3.8) is 0 Å². The van der Waals surface area contributed by atoms with Gasteiger partial charge in [0, 0.05) is 68.0 Å². The van der Waals surface area contributed by atoms with Crippen LogP contribution in [0.2, 0.25) is 0 Å². The summed E-state index contributed by atoms with van der Waals surface area (Å²) in [5.74, 6) is -1.54. The second-order valence-electron chi connectivity index (χ2n) is 10.1. The number of amides is 2. The summed E-state index contributed by atoms with van der Waals surface area (Å²) >= 11 is 0. The molecule has 1 fully saturated rings. The molecule has 1 N–H and O–H groups in total. The van der Waals surface area contributed by atoms with Gasteiger partial charge in [0.05, 0.1) is 5.56 Å². The molecule has 8 heteroatoms. The smallest absolute Gasteiger partial charge is 0.294 e. The van der Waals surface area contributed by atoms with Crippen LogP contribution in [-0.4, -0.2) is 76.5 Å². The van der Waals surface area contributed by atoms with E-state index in [0.29, 0.717) is 41.8 Å². The number of hydrogen-bond donors (Lipinski definition) is 1. The van der Waals surface area contributed by atoms with Gasteiger partial charge in [0.1, 0.15) is 5.82 Å². The average molecular weight is 493 g/mol. The Balaban J connectivity index is 1.60. The summed E-state index contributed by atoms with van der Waals surface area (Å²) < 4.78 is 13.3. The molecule has 3 aromatic rings. The molecule has 0 radical (unpaired) electrons. The Morgan fingerprint density at radius 3 is 2.33 bits per heavy atom. The lowest BCUT2D eigenvalue weighted by molar-refractivity contribution is -0.124. The molecule has 190 valence electrons. The van der Waals surface area contributed by atoms with E-state index in [2.05, 4.69) is 16.8 Å². The lowest BCUT2D eigenvalue weighted by Gasteiger charge is -2.44. The average Bonchev–Trinajstić information content (AvgIpc) is 3.14. The third-order valence-electron chi connectivity index (χ3n) is 7.06. The van der Waals surface area contributed by atoms with E-state index in [9.17, 15) is 18.8 Å². The number of aryl methyl sites for hydroxylation is 2. The van der Waals surface area contributed by atoms with E-state index in [1.54, 1.807) is 39.2 Å². The lowest BCUT2D eigenvalue weighted by Crippen LogP contribution is -2.57. The van der Waals surface area contributed by atoms with Crippen molar-refractivity contribution in [2.45, 2.75) is 46.3 Å². The van der Waals surface area contributed by atoms with Crippen molar-refractivity contribution in [3.8, 4) is 0 Å². The van der Waals surface area contributed by atoms with Crippen molar-refractivity contribution in [2.75, 3.05) is 27.2 Å². The molecule has 4 rings (SSSR count). The van der Waals surface area contributed by atoms with Gasteiger partial charge in [0.2, 0.25) is 0 Å². The topological polar surface area (TPSA) is 76.7 Å². The molecule has 0 spiro atoms. The number of fused-ring (bicyclic) bond motifs is 1. The van der Waals surface area contributed by atoms with E-state index in [-0.39, 0.29) is 23.8 Å². The van der Waals surface area contributed by atoms with E-state index in [1.165, 1.54) is 17.0 Å². The number of benzene rings is 2. The highest BCUT2D eigenvalue weighted by Gasteiger charge is 2.33. The van der Waals surface area contributed by atoms with E-state index in [0.717, 1.165) is 16.6 Å². The minimum absolute atomic E-state index is 0.0337. The zero-order valence-electron chi connectivity index (χ0n) is 21.7. The Labute approximate surface area is 210 Å². The summed E-state index contributed by atoms with van der Waals surface area (Å²) in [4.78, 5) is 47.7. The van der Waals surface area contributed by atoms with Crippen LogP contribution in [0.4, 0.5) is 4.39 Å². The number of hydrogen-bond acceptors (Lipinski definition) is 4. The number of ketones is 1. The maximum atomic E-state index is 13.7. The fourth-order valence-corrected chi connectivity index (χ4v) is 5.00. The number of Topliss-reactive ketones (excluding diaryl/α,β-unsaturated/α-hetero) is 1. The van der Waals surface area contributed by atoms with Crippen LogP contribution < -0.4 is 0 Å². The lowest BCUT2D eigenvalue weighted by atomic mass is 9.98. The molecular weight excluding hydrogens is 459 g/mol. The van der Waals surface area contributed by atoms with Gasteiger partial charge in [-0.15, -0.1) is 0 Å². The molecule has 0 aliphatic carbocycles. The second kappa shape index (κ2) is 9.85. The van der Waals surface area contributed by atoms with E-state index in [1.807, 2.05) is 24.8 Å². The zero-order chi connectivity index (χ0) is 26.3. The molecule has 0 unspecified atom stereocenters. The van der Waals surface area contributed by atoms with Crippen molar-refractivity contribution in [2.24, 2.45) is 0 Å². The number of carbonyl (C=O) groups excluding carboxylic acids is 3. The number of carbonyl (C=O) groups is 3. The molecule has 1 saturated heterocycles. The summed E-state index contributed by atoms with van der Waals surface area (Å²) in [6, 6.07) is 10.2. The Kier molecular flexibility index (Phi) is 7.00. The van der Waals surface area contributed by atoms with Crippen molar-refractivity contribution in [3.05, 3.63) is 70.2 Å². The first-order valence-corrected chi connectivity index (χ1v) is 12.2. The number of aromatic nitrogens is 1. The van der Waals surface area contributed by atoms with Gasteiger partial charge >= 0.3 is 0 Å². The van der Waals surface area contributed by atoms with Crippen molar-refractivity contribution in [1.29, 1.82) is 0 Å². The molecule has 0 saturated carbocycles. The second-order valence-corrected chi connectivity index (χ2v) is 10.1. The van der Waals surface area contributed by atoms with Gasteiger partial charge in [-0.1, -0.05) is 12.1 Å². The predicted molar refractivity (Wildman–Crippen MR) is 138 cm³/mol. The summed E-state index contributed by atoms with van der Waals surface area (Å²) in [5, 5.41) is 0.581. The summed E-state index contributed by atoms with van der Waals surface area (Å²) in [7, 11) is 3.09.